The van der Waals surface area contributed by atoms with Gasteiger partial charge in [0.1, 0.15) is 0 Å². The molecule has 0 amide bonds. The summed E-state index contributed by atoms with van der Waals surface area (Å²) in [5, 5.41) is 13.2. The van der Waals surface area contributed by atoms with Gasteiger partial charge in [0.2, 0.25) is 0 Å². The Morgan fingerprint density at radius 1 is 1.25 bits per heavy atom. The Kier molecular flexibility index (Phi) is 3.13. The highest BCUT2D eigenvalue weighted by atomic mass is 16.3. The van der Waals surface area contributed by atoms with Crippen molar-refractivity contribution in [3.63, 3.8) is 0 Å². The van der Waals surface area contributed by atoms with E-state index < -0.39 is 0 Å². The summed E-state index contributed by atoms with van der Waals surface area (Å²) >= 11 is 0. The summed E-state index contributed by atoms with van der Waals surface area (Å²) in [6, 6.07) is 8.02. The maximum atomic E-state index is 9.71. The number of azide groups is 1. The molecule has 0 atom stereocenters. The molecule has 0 aromatic heterocycles. The van der Waals surface area contributed by atoms with Crippen LogP contribution in [-0.2, 0) is 13.0 Å². The van der Waals surface area contributed by atoms with Gasteiger partial charge in [-0.15, -0.1) is 0 Å². The largest absolute Gasteiger partial charge is 0.390 e. The fourth-order valence-corrected chi connectivity index (χ4v) is 1.70. The first kappa shape index (κ1) is 11.0. The van der Waals surface area contributed by atoms with Gasteiger partial charge in [0, 0.05) is 4.91 Å². The van der Waals surface area contributed by atoms with E-state index in [1.165, 1.54) is 5.56 Å². The first-order valence-corrected chi connectivity index (χ1v) is 5.53. The van der Waals surface area contributed by atoms with Crippen LogP contribution in [0.25, 0.3) is 10.4 Å². The molecule has 1 saturated carbocycles. The molecule has 0 unspecified atom stereocenters. The summed E-state index contributed by atoms with van der Waals surface area (Å²) in [5.41, 5.74) is 10.1. The number of rotatable bonds is 5. The minimum Gasteiger partial charge on any atom is -0.390 e. The predicted octanol–water partition coefficient (Wildman–Crippen LogP) is 2.95. The van der Waals surface area contributed by atoms with Crippen molar-refractivity contribution in [2.24, 2.45) is 5.11 Å². The van der Waals surface area contributed by atoms with Gasteiger partial charge in [0.15, 0.2) is 0 Å². The Hall–Kier alpha value is -1.51. The molecule has 1 aromatic carbocycles. The van der Waals surface area contributed by atoms with Crippen molar-refractivity contribution in [3.8, 4) is 0 Å². The van der Waals surface area contributed by atoms with E-state index in [0.29, 0.717) is 6.54 Å². The average molecular weight is 217 g/mol. The van der Waals surface area contributed by atoms with Gasteiger partial charge in [-0.3, -0.25) is 0 Å². The number of hydrogen-bond acceptors (Lipinski definition) is 2. The number of aliphatic hydroxyl groups is 1. The van der Waals surface area contributed by atoms with E-state index in [9.17, 15) is 5.11 Å². The summed E-state index contributed by atoms with van der Waals surface area (Å²) in [7, 11) is 0. The second kappa shape index (κ2) is 4.56. The van der Waals surface area contributed by atoms with Crippen molar-refractivity contribution >= 4 is 0 Å². The molecule has 1 N–H and O–H groups in total. The van der Waals surface area contributed by atoms with Gasteiger partial charge in [-0.2, -0.15) is 0 Å². The monoisotopic (exact) mass is 217 g/mol. The molecule has 1 fully saturated rings. The lowest BCUT2D eigenvalue weighted by atomic mass is 10.0. The smallest absolute Gasteiger partial charge is 0.0653 e. The third-order valence-corrected chi connectivity index (χ3v) is 3.05. The van der Waals surface area contributed by atoms with Crippen LogP contribution in [0.5, 0.6) is 0 Å². The van der Waals surface area contributed by atoms with Crippen molar-refractivity contribution in [1.82, 2.24) is 0 Å². The molecule has 1 aliphatic rings. The van der Waals surface area contributed by atoms with Crippen LogP contribution in [0.2, 0.25) is 0 Å². The van der Waals surface area contributed by atoms with Crippen LogP contribution >= 0.6 is 0 Å². The Morgan fingerprint density at radius 2 is 1.88 bits per heavy atom. The van der Waals surface area contributed by atoms with Gasteiger partial charge >= 0.3 is 0 Å². The van der Waals surface area contributed by atoms with Crippen LogP contribution in [0.4, 0.5) is 0 Å². The highest BCUT2D eigenvalue weighted by molar-refractivity contribution is 5.23. The van der Waals surface area contributed by atoms with E-state index in [0.717, 1.165) is 31.2 Å². The lowest BCUT2D eigenvalue weighted by molar-refractivity contribution is 0.140. The molecular formula is C12H15N3O. The first-order valence-electron chi connectivity index (χ1n) is 5.53. The maximum Gasteiger partial charge on any atom is 0.0653 e. The Labute approximate surface area is 94.5 Å². The van der Waals surface area contributed by atoms with Crippen LogP contribution < -0.4 is 0 Å². The zero-order valence-electron chi connectivity index (χ0n) is 9.13. The number of benzene rings is 1. The minimum absolute atomic E-state index is 0.371. The maximum absolute atomic E-state index is 9.71. The predicted molar refractivity (Wildman–Crippen MR) is 61.8 cm³/mol. The van der Waals surface area contributed by atoms with Crippen LogP contribution in [0, 0.1) is 0 Å². The van der Waals surface area contributed by atoms with Gasteiger partial charge in [-0.1, -0.05) is 29.4 Å². The molecule has 1 aliphatic carbocycles. The zero-order chi connectivity index (χ0) is 11.4. The highest BCUT2D eigenvalue weighted by Crippen LogP contribution is 2.39. The molecule has 0 heterocycles. The number of nitrogens with zero attached hydrogens (tertiary/aromatic N) is 3. The van der Waals surface area contributed by atoms with E-state index in [1.807, 2.05) is 24.3 Å². The van der Waals surface area contributed by atoms with E-state index in [-0.39, 0.29) is 5.60 Å². The van der Waals surface area contributed by atoms with E-state index in [2.05, 4.69) is 10.0 Å². The topological polar surface area (TPSA) is 69.0 Å². The lowest BCUT2D eigenvalue weighted by Crippen LogP contribution is -2.07. The molecule has 84 valence electrons. The lowest BCUT2D eigenvalue weighted by Gasteiger charge is -2.07. The van der Waals surface area contributed by atoms with Crippen LogP contribution in [-0.4, -0.2) is 10.7 Å². The fraction of sp³-hybridized carbons (Fsp3) is 0.500. The van der Waals surface area contributed by atoms with Crippen LogP contribution in [0.3, 0.4) is 0 Å². The van der Waals surface area contributed by atoms with Gasteiger partial charge in [-0.25, -0.2) is 0 Å². The molecular weight excluding hydrogens is 202 g/mol. The SMILES string of the molecule is [N-]=[N+]=NCc1ccc(CCC2(O)CC2)cc1. The third kappa shape index (κ3) is 2.99. The van der Waals surface area contributed by atoms with Crippen molar-refractivity contribution in [3.05, 3.63) is 45.8 Å². The molecule has 0 aliphatic heterocycles. The van der Waals surface area contributed by atoms with Crippen LogP contribution in [0.1, 0.15) is 30.4 Å². The normalized spacial score (nSPS) is 16.6. The molecule has 4 nitrogen and oxygen atoms in total. The average Bonchev–Trinajstić information content (AvgIpc) is 3.04. The summed E-state index contributed by atoms with van der Waals surface area (Å²) < 4.78 is 0. The molecule has 2 rings (SSSR count). The fourth-order valence-electron chi connectivity index (χ4n) is 1.70. The highest BCUT2D eigenvalue weighted by Gasteiger charge is 2.39. The number of hydrogen-bond donors (Lipinski definition) is 1. The van der Waals surface area contributed by atoms with Crippen molar-refractivity contribution in [2.45, 2.75) is 37.8 Å². The zero-order valence-corrected chi connectivity index (χ0v) is 9.13. The number of aryl methyl sites for hydroxylation is 1. The van der Waals surface area contributed by atoms with E-state index in [4.69, 9.17) is 5.53 Å². The minimum atomic E-state index is -0.371. The summed E-state index contributed by atoms with van der Waals surface area (Å²) in [6.45, 7) is 0.403. The van der Waals surface area contributed by atoms with Gasteiger partial charge < -0.3 is 5.11 Å². The standard InChI is InChI=1S/C12H15N3O/c13-15-14-9-11-3-1-10(2-4-11)5-6-12(16)7-8-12/h1-4,16H,5-9H2. The van der Waals surface area contributed by atoms with Crippen molar-refractivity contribution < 1.29 is 5.11 Å². The molecule has 0 spiro atoms. The van der Waals surface area contributed by atoms with Crippen molar-refractivity contribution in [1.29, 1.82) is 0 Å². The van der Waals surface area contributed by atoms with Gasteiger partial charge in [0.25, 0.3) is 0 Å². The van der Waals surface area contributed by atoms with Crippen LogP contribution in [0.15, 0.2) is 29.4 Å². The summed E-state index contributed by atoms with van der Waals surface area (Å²) in [5.74, 6) is 0. The first-order chi connectivity index (χ1) is 7.72. The summed E-state index contributed by atoms with van der Waals surface area (Å²) in [6.07, 6.45) is 3.66. The third-order valence-electron chi connectivity index (χ3n) is 3.05. The van der Waals surface area contributed by atoms with Gasteiger partial charge in [0.05, 0.1) is 12.1 Å². The molecule has 16 heavy (non-hydrogen) atoms. The second-order valence-corrected chi connectivity index (χ2v) is 4.43. The molecule has 0 radical (unpaired) electrons. The molecule has 0 bridgehead atoms. The Balaban J connectivity index is 1.88. The Morgan fingerprint density at radius 3 is 2.44 bits per heavy atom. The Bertz CT molecular complexity index is 403. The van der Waals surface area contributed by atoms with Gasteiger partial charge in [-0.05, 0) is 42.3 Å². The van der Waals surface area contributed by atoms with E-state index in [1.54, 1.807) is 0 Å². The van der Waals surface area contributed by atoms with E-state index >= 15 is 0 Å². The molecule has 4 heteroatoms. The summed E-state index contributed by atoms with van der Waals surface area (Å²) in [4.78, 5) is 2.72. The molecule has 1 aromatic rings. The second-order valence-electron chi connectivity index (χ2n) is 4.43. The van der Waals surface area contributed by atoms with Crippen molar-refractivity contribution in [2.75, 3.05) is 0 Å². The quantitative estimate of drug-likeness (QED) is 0.460. The molecule has 0 saturated heterocycles.